The number of imidazole rings is 3. The first-order valence-corrected chi connectivity index (χ1v) is 21.3. The number of hydrogen-bond acceptors (Lipinski definition) is 11. The van der Waals surface area contributed by atoms with Crippen molar-refractivity contribution in [2.24, 2.45) is 42.3 Å². The number of anilines is 6. The Labute approximate surface area is 389 Å². The van der Waals surface area contributed by atoms with Crippen LogP contribution in [0.4, 0.5) is 34.5 Å². The van der Waals surface area contributed by atoms with E-state index in [1.54, 1.807) is 78.4 Å². The smallest absolute Gasteiger partial charge is 0.292 e. The average molecular weight is 936 g/mol. The van der Waals surface area contributed by atoms with Crippen LogP contribution in [0.5, 0.6) is 0 Å². The van der Waals surface area contributed by atoms with Crippen molar-refractivity contribution >= 4 is 81.8 Å². The zero-order valence-electron chi connectivity index (χ0n) is 38.7. The van der Waals surface area contributed by atoms with E-state index >= 15 is 0 Å². The normalized spacial score (nSPS) is 10.9. The second-order valence-corrected chi connectivity index (χ2v) is 15.7. The molecular weight excluding hydrogens is 883 g/mol. The molecule has 0 aliphatic rings. The first-order valence-electron chi connectivity index (χ1n) is 21.3. The van der Waals surface area contributed by atoms with Crippen LogP contribution in [0.25, 0.3) is 0 Å². The van der Waals surface area contributed by atoms with Crippen LogP contribution >= 0.6 is 0 Å². The van der Waals surface area contributed by atoms with Crippen molar-refractivity contribution in [1.29, 1.82) is 0 Å². The van der Waals surface area contributed by atoms with Crippen molar-refractivity contribution in [2.75, 3.05) is 45.0 Å². The van der Waals surface area contributed by atoms with Crippen LogP contribution < -0.4 is 42.5 Å². The van der Waals surface area contributed by atoms with Gasteiger partial charge >= 0.3 is 0 Å². The molecule has 358 valence electrons. The Balaban J connectivity index is 0.940. The molecule has 0 atom stereocenters. The zero-order valence-corrected chi connectivity index (χ0v) is 38.7. The molecule has 0 unspecified atom stereocenters. The zero-order chi connectivity index (χ0) is 49.4. The van der Waals surface area contributed by atoms with E-state index in [1.807, 2.05) is 6.92 Å². The molecule has 0 aliphatic carbocycles. The predicted molar refractivity (Wildman–Crippen MR) is 249 cm³/mol. The fourth-order valence-electron chi connectivity index (χ4n) is 6.84. The molecule has 6 aromatic heterocycles. The van der Waals surface area contributed by atoms with Gasteiger partial charge in [-0.1, -0.05) is 13.8 Å². The molecule has 68 heavy (non-hydrogen) atoms. The summed E-state index contributed by atoms with van der Waals surface area (Å²) in [6, 6.07) is 4.53. The van der Waals surface area contributed by atoms with E-state index in [9.17, 15) is 38.4 Å². The van der Waals surface area contributed by atoms with E-state index in [0.717, 1.165) is 6.42 Å². The average Bonchev–Trinajstić information content (AvgIpc) is 4.15. The monoisotopic (exact) mass is 935 g/mol. The molecule has 8 N–H and O–H groups in total. The van der Waals surface area contributed by atoms with Gasteiger partial charge in [-0.05, 0) is 31.0 Å². The lowest BCUT2D eigenvalue weighted by Crippen LogP contribution is -2.27. The van der Waals surface area contributed by atoms with Gasteiger partial charge in [0, 0.05) is 105 Å². The number of nitrogens with zero attached hydrogens (tertiary/aromatic N) is 9. The van der Waals surface area contributed by atoms with Gasteiger partial charge < -0.3 is 69.9 Å². The maximum Gasteiger partial charge on any atom is 0.292 e. The van der Waals surface area contributed by atoms with Gasteiger partial charge in [0.05, 0.1) is 17.1 Å². The highest BCUT2D eigenvalue weighted by atomic mass is 16.2. The number of nitrogens with one attached hydrogen (secondary N) is 8. The molecule has 0 saturated carbocycles. The summed E-state index contributed by atoms with van der Waals surface area (Å²) in [6.07, 6.45) is 10.5. The van der Waals surface area contributed by atoms with Crippen molar-refractivity contribution in [3.05, 3.63) is 89.9 Å². The molecular formula is C43H53N17O8. The van der Waals surface area contributed by atoms with Crippen LogP contribution in [-0.2, 0) is 51.9 Å². The number of carbonyl (C=O) groups excluding carboxylic acids is 8. The van der Waals surface area contributed by atoms with Gasteiger partial charge in [0.25, 0.3) is 35.4 Å². The van der Waals surface area contributed by atoms with Crippen molar-refractivity contribution in [1.82, 2.24) is 53.0 Å². The van der Waals surface area contributed by atoms with Crippen LogP contribution in [0, 0.1) is 0 Å². The summed E-state index contributed by atoms with van der Waals surface area (Å²) in [4.78, 5) is 115. The Morgan fingerprint density at radius 1 is 0.426 bits per heavy atom. The molecule has 0 aromatic carbocycles. The van der Waals surface area contributed by atoms with Crippen molar-refractivity contribution in [3.8, 4) is 0 Å². The summed E-state index contributed by atoms with van der Waals surface area (Å²) < 4.78 is 8.97. The number of rotatable bonds is 19. The topological polar surface area (TPSA) is 301 Å². The van der Waals surface area contributed by atoms with Gasteiger partial charge in [0.2, 0.25) is 29.3 Å². The van der Waals surface area contributed by atoms with Gasteiger partial charge in [-0.15, -0.1) is 0 Å². The largest absolute Gasteiger partial charge is 0.351 e. The Morgan fingerprint density at radius 2 is 0.794 bits per heavy atom. The van der Waals surface area contributed by atoms with E-state index in [-0.39, 0.29) is 83.9 Å². The lowest BCUT2D eigenvalue weighted by molar-refractivity contribution is -0.116. The number of hydrogen-bond donors (Lipinski definition) is 8. The third-order valence-electron chi connectivity index (χ3n) is 10.2. The highest BCUT2D eigenvalue weighted by Crippen LogP contribution is 2.20. The van der Waals surface area contributed by atoms with Crippen molar-refractivity contribution in [2.45, 2.75) is 39.5 Å². The third-order valence-corrected chi connectivity index (χ3v) is 10.2. The standard InChI is InChI=1S/C43H53N17O8/c1-9-13-44-38(63)27-16-25(19-56(27)4)47-42(67)36-53-32(23-60(36)8)54-43(68)37-52-31(22-59(37)7)50-34(62)12-11-14-45-39(64)28-15-24(18-55(28)3)46-40(65)29-17-26(20-57(29)5)48-41(66)35-51-30(21-58(35)6)49-33(61)10-2/h15-23H,9-14H2,1-8H3,(H,44,63)(H,45,64)(H,46,65)(H,47,67)(H,48,66)(H,49,61)(H,50,62)(H,54,68). The Bertz CT molecular complexity index is 2920. The number of carbonyl (C=O) groups is 8. The van der Waals surface area contributed by atoms with Crippen molar-refractivity contribution < 1.29 is 38.4 Å². The minimum Gasteiger partial charge on any atom is -0.351 e. The highest BCUT2D eigenvalue weighted by Gasteiger charge is 2.23. The van der Waals surface area contributed by atoms with Gasteiger partial charge in [0.1, 0.15) is 17.1 Å². The van der Waals surface area contributed by atoms with Gasteiger partial charge in [-0.25, -0.2) is 15.0 Å². The summed E-state index contributed by atoms with van der Waals surface area (Å²) >= 11 is 0. The van der Waals surface area contributed by atoms with Crippen LogP contribution in [-0.4, -0.2) is 103 Å². The highest BCUT2D eigenvalue weighted by molar-refractivity contribution is 6.08. The molecule has 6 aromatic rings. The van der Waals surface area contributed by atoms with Crippen LogP contribution in [0.1, 0.15) is 103 Å². The van der Waals surface area contributed by atoms with E-state index in [4.69, 9.17) is 0 Å². The Kier molecular flexibility index (Phi) is 15.1. The summed E-state index contributed by atoms with van der Waals surface area (Å²) in [5.74, 6) is -3.22. The fraction of sp³-hybridized carbons (Fsp3) is 0.326. The van der Waals surface area contributed by atoms with E-state index in [1.165, 1.54) is 53.6 Å². The molecule has 6 rings (SSSR count). The maximum absolute atomic E-state index is 13.2. The summed E-state index contributed by atoms with van der Waals surface area (Å²) in [5.41, 5.74) is 1.88. The summed E-state index contributed by atoms with van der Waals surface area (Å²) in [7, 11) is 9.73. The van der Waals surface area contributed by atoms with E-state index in [0.29, 0.717) is 29.3 Å². The van der Waals surface area contributed by atoms with Gasteiger partial charge in [-0.3, -0.25) is 38.4 Å². The van der Waals surface area contributed by atoms with Crippen molar-refractivity contribution in [3.63, 3.8) is 0 Å². The molecule has 25 nitrogen and oxygen atoms in total. The molecule has 0 aliphatic heterocycles. The minimum atomic E-state index is -0.650. The van der Waals surface area contributed by atoms with E-state index in [2.05, 4.69) is 57.5 Å². The van der Waals surface area contributed by atoms with Crippen LogP contribution in [0.3, 0.4) is 0 Å². The Morgan fingerprint density at radius 3 is 1.22 bits per heavy atom. The first-order chi connectivity index (χ1) is 32.3. The number of aromatic nitrogens is 9. The molecule has 8 amide bonds. The lowest BCUT2D eigenvalue weighted by atomic mass is 10.3. The summed E-state index contributed by atoms with van der Waals surface area (Å²) in [6.45, 7) is 4.30. The molecule has 0 radical (unpaired) electrons. The molecule has 0 fully saturated rings. The van der Waals surface area contributed by atoms with E-state index < -0.39 is 35.4 Å². The molecule has 0 saturated heterocycles. The Hall–Kier alpha value is -8.77. The third kappa shape index (κ3) is 11.7. The van der Waals surface area contributed by atoms with Crippen LogP contribution in [0.2, 0.25) is 0 Å². The second kappa shape index (κ2) is 21.0. The SMILES string of the molecule is CCCNC(=O)c1cc(NC(=O)c2nc(NC(=O)c3nc(NC(=O)CCCNC(=O)c4cc(NC(=O)c5cc(NC(=O)c6nc(NC(=O)CC)cn6C)cn5C)cn4C)cn3C)cn2C)cn1C. The quantitative estimate of drug-likeness (QED) is 0.0546. The first kappa shape index (κ1) is 48.7. The predicted octanol–water partition coefficient (Wildman–Crippen LogP) is 2.55. The van der Waals surface area contributed by atoms with Gasteiger partial charge in [0.15, 0.2) is 17.5 Å². The second-order valence-electron chi connectivity index (χ2n) is 15.7. The molecule has 0 spiro atoms. The van der Waals surface area contributed by atoms with Crippen LogP contribution in [0.15, 0.2) is 55.4 Å². The summed E-state index contributed by atoms with van der Waals surface area (Å²) in [5, 5.41) is 21.6. The minimum absolute atomic E-state index is 0.00853. The molecule has 25 heteroatoms. The van der Waals surface area contributed by atoms with Gasteiger partial charge in [-0.2, -0.15) is 0 Å². The molecule has 6 heterocycles. The number of aryl methyl sites for hydroxylation is 6. The molecule has 0 bridgehead atoms. The fourth-order valence-corrected chi connectivity index (χ4v) is 6.84. The number of amides is 8. The maximum atomic E-state index is 13.2. The lowest BCUT2D eigenvalue weighted by Gasteiger charge is -2.06.